The maximum atomic E-state index is 12.7. The topological polar surface area (TPSA) is 81.7 Å². The minimum atomic E-state index is -3.72. The lowest BCUT2D eigenvalue weighted by molar-refractivity contribution is -0.146. The average Bonchev–Trinajstić information content (AvgIpc) is 3.46. The van der Waals surface area contributed by atoms with E-state index in [9.17, 15) is 13.2 Å². The molecule has 0 saturated heterocycles. The van der Waals surface area contributed by atoms with Gasteiger partial charge in [0, 0.05) is 5.69 Å². The van der Waals surface area contributed by atoms with Gasteiger partial charge < -0.3 is 9.47 Å². The fourth-order valence-corrected chi connectivity index (χ4v) is 4.33. The van der Waals surface area contributed by atoms with Crippen molar-refractivity contribution in [2.75, 3.05) is 17.9 Å². The molecule has 0 unspecified atom stereocenters. The maximum Gasteiger partial charge on any atom is 0.316 e. The number of anilines is 1. The van der Waals surface area contributed by atoms with E-state index in [1.54, 1.807) is 43.3 Å². The van der Waals surface area contributed by atoms with E-state index in [2.05, 4.69) is 4.72 Å². The summed E-state index contributed by atoms with van der Waals surface area (Å²) >= 11 is 0. The number of carbonyl (C=O) groups excluding carboxylic acids is 1. The lowest BCUT2D eigenvalue weighted by Crippen LogP contribution is -2.23. The highest BCUT2D eigenvalue weighted by Gasteiger charge is 2.52. The van der Waals surface area contributed by atoms with Crippen LogP contribution in [0.3, 0.4) is 0 Å². The van der Waals surface area contributed by atoms with Gasteiger partial charge >= 0.3 is 5.97 Å². The molecule has 2 aromatic rings. The zero-order valence-electron chi connectivity index (χ0n) is 16.3. The molecule has 0 heterocycles. The fraction of sp³-hybridized carbons (Fsp3) is 0.381. The van der Waals surface area contributed by atoms with E-state index in [-0.39, 0.29) is 10.9 Å². The van der Waals surface area contributed by atoms with Gasteiger partial charge in [-0.05, 0) is 75.1 Å². The van der Waals surface area contributed by atoms with Gasteiger partial charge in [0.1, 0.15) is 5.75 Å². The first-order valence-corrected chi connectivity index (χ1v) is 10.8. The zero-order valence-corrected chi connectivity index (χ0v) is 17.1. The van der Waals surface area contributed by atoms with Gasteiger partial charge in [0.25, 0.3) is 10.0 Å². The molecule has 0 aromatic heterocycles. The summed E-state index contributed by atoms with van der Waals surface area (Å²) in [7, 11) is -3.72. The largest absolute Gasteiger partial charge is 0.494 e. The minimum Gasteiger partial charge on any atom is -0.494 e. The summed E-state index contributed by atoms with van der Waals surface area (Å²) in [5.74, 6) is 0.452. The van der Waals surface area contributed by atoms with Gasteiger partial charge in [-0.15, -0.1) is 0 Å². The Bertz CT molecular complexity index is 963. The summed E-state index contributed by atoms with van der Waals surface area (Å²) in [4.78, 5) is 12.4. The Hall–Kier alpha value is -2.54. The highest BCUT2D eigenvalue weighted by atomic mass is 32.2. The third kappa shape index (κ3) is 3.99. The van der Waals surface area contributed by atoms with Gasteiger partial charge in [-0.2, -0.15) is 0 Å². The summed E-state index contributed by atoms with van der Waals surface area (Å²) in [5.41, 5.74) is 1.48. The number of hydrogen-bond donors (Lipinski definition) is 1. The lowest BCUT2D eigenvalue weighted by atomic mass is 9.96. The highest BCUT2D eigenvalue weighted by molar-refractivity contribution is 7.92. The van der Waals surface area contributed by atoms with Crippen molar-refractivity contribution in [2.45, 2.75) is 43.9 Å². The molecule has 1 fully saturated rings. The van der Waals surface area contributed by atoms with Crippen LogP contribution in [0.1, 0.15) is 37.8 Å². The predicted octanol–water partition coefficient (Wildman–Crippen LogP) is 3.79. The smallest absolute Gasteiger partial charge is 0.316 e. The van der Waals surface area contributed by atoms with E-state index in [0.29, 0.717) is 24.7 Å². The summed E-state index contributed by atoms with van der Waals surface area (Å²) < 4.78 is 38.6. The molecule has 0 bridgehead atoms. The average molecular weight is 404 g/mol. The molecule has 1 saturated carbocycles. The standard InChI is InChI=1S/C21H25NO5S/c1-4-26-19-11-10-18(14-15(19)3)28(24,25)22-17-8-6-16(7-9-17)21(12-13-21)20(23)27-5-2/h6-11,14,22H,4-5,12-13H2,1-3H3. The lowest BCUT2D eigenvalue weighted by Gasteiger charge is -2.15. The summed E-state index contributed by atoms with van der Waals surface area (Å²) in [6, 6.07) is 11.7. The van der Waals surface area contributed by atoms with Gasteiger partial charge in [0.2, 0.25) is 0 Å². The Labute approximate surface area is 165 Å². The van der Waals surface area contributed by atoms with Crippen molar-refractivity contribution in [1.82, 2.24) is 0 Å². The molecule has 0 atom stereocenters. The quantitative estimate of drug-likeness (QED) is 0.678. The van der Waals surface area contributed by atoms with Gasteiger partial charge in [-0.25, -0.2) is 8.42 Å². The first-order valence-electron chi connectivity index (χ1n) is 9.36. The Balaban J connectivity index is 1.76. The number of hydrogen-bond acceptors (Lipinski definition) is 5. The Morgan fingerprint density at radius 1 is 1.07 bits per heavy atom. The summed E-state index contributed by atoms with van der Waals surface area (Å²) in [5, 5.41) is 0. The Morgan fingerprint density at radius 3 is 2.29 bits per heavy atom. The third-order valence-corrected chi connectivity index (χ3v) is 6.24. The molecule has 0 spiro atoms. The molecule has 0 radical (unpaired) electrons. The normalized spacial score (nSPS) is 15.0. The van der Waals surface area contributed by atoms with Crippen LogP contribution in [0.4, 0.5) is 5.69 Å². The second-order valence-corrected chi connectivity index (χ2v) is 8.53. The Morgan fingerprint density at radius 2 is 1.75 bits per heavy atom. The van der Waals surface area contributed by atoms with E-state index in [1.165, 1.54) is 6.07 Å². The van der Waals surface area contributed by atoms with Crippen LogP contribution >= 0.6 is 0 Å². The molecule has 0 aliphatic heterocycles. The van der Waals surface area contributed by atoms with Crippen molar-refractivity contribution in [3.63, 3.8) is 0 Å². The first kappa shape index (κ1) is 20.2. The predicted molar refractivity (Wildman–Crippen MR) is 107 cm³/mol. The summed E-state index contributed by atoms with van der Waals surface area (Å²) in [6.45, 7) is 6.34. The van der Waals surface area contributed by atoms with Crippen molar-refractivity contribution >= 4 is 21.7 Å². The Kier molecular flexibility index (Phi) is 5.65. The first-order chi connectivity index (χ1) is 13.3. The monoisotopic (exact) mass is 403 g/mol. The van der Waals surface area contributed by atoms with Crippen LogP contribution in [0, 0.1) is 6.92 Å². The van der Waals surface area contributed by atoms with Crippen LogP contribution in [-0.4, -0.2) is 27.6 Å². The van der Waals surface area contributed by atoms with Crippen LogP contribution in [0.2, 0.25) is 0 Å². The van der Waals surface area contributed by atoms with E-state index in [4.69, 9.17) is 9.47 Å². The molecule has 1 N–H and O–H groups in total. The van der Waals surface area contributed by atoms with E-state index < -0.39 is 15.4 Å². The molecule has 1 aliphatic rings. The number of benzene rings is 2. The molecule has 6 nitrogen and oxygen atoms in total. The molecule has 150 valence electrons. The van der Waals surface area contributed by atoms with Crippen LogP contribution in [-0.2, 0) is 25.0 Å². The molecule has 2 aromatic carbocycles. The number of esters is 1. The molecule has 7 heteroatoms. The number of rotatable bonds is 8. The molecule has 0 amide bonds. The second kappa shape index (κ2) is 7.83. The fourth-order valence-electron chi connectivity index (χ4n) is 3.18. The zero-order chi connectivity index (χ0) is 20.4. The second-order valence-electron chi connectivity index (χ2n) is 6.85. The van der Waals surface area contributed by atoms with E-state index in [1.807, 2.05) is 13.8 Å². The number of aryl methyl sites for hydroxylation is 1. The van der Waals surface area contributed by atoms with Gasteiger partial charge in [-0.1, -0.05) is 12.1 Å². The molecule has 1 aliphatic carbocycles. The highest BCUT2D eigenvalue weighted by Crippen LogP contribution is 2.49. The van der Waals surface area contributed by atoms with Crippen LogP contribution in [0.15, 0.2) is 47.4 Å². The number of nitrogens with one attached hydrogen (secondary N) is 1. The number of carbonyl (C=O) groups is 1. The molecular formula is C21H25NO5S. The van der Waals surface area contributed by atoms with Crippen LogP contribution in [0.25, 0.3) is 0 Å². The minimum absolute atomic E-state index is 0.169. The van der Waals surface area contributed by atoms with Crippen molar-refractivity contribution in [3.8, 4) is 5.75 Å². The molecule has 3 rings (SSSR count). The van der Waals surface area contributed by atoms with Crippen molar-refractivity contribution in [3.05, 3.63) is 53.6 Å². The van der Waals surface area contributed by atoms with E-state index >= 15 is 0 Å². The van der Waals surface area contributed by atoms with Crippen LogP contribution in [0.5, 0.6) is 5.75 Å². The number of ether oxygens (including phenoxy) is 2. The SMILES string of the molecule is CCOC(=O)C1(c2ccc(NS(=O)(=O)c3ccc(OCC)c(C)c3)cc2)CC1. The van der Waals surface area contributed by atoms with Gasteiger partial charge in [-0.3, -0.25) is 9.52 Å². The summed E-state index contributed by atoms with van der Waals surface area (Å²) in [6.07, 6.45) is 1.50. The van der Waals surface area contributed by atoms with Crippen molar-refractivity contribution in [2.24, 2.45) is 0 Å². The molecular weight excluding hydrogens is 378 g/mol. The number of sulfonamides is 1. The molecule has 28 heavy (non-hydrogen) atoms. The van der Waals surface area contributed by atoms with Gasteiger partial charge in [0.15, 0.2) is 0 Å². The third-order valence-electron chi connectivity index (χ3n) is 4.86. The van der Waals surface area contributed by atoms with Crippen molar-refractivity contribution < 1.29 is 22.7 Å². The van der Waals surface area contributed by atoms with Crippen LogP contribution < -0.4 is 9.46 Å². The van der Waals surface area contributed by atoms with Crippen molar-refractivity contribution in [1.29, 1.82) is 0 Å². The maximum absolute atomic E-state index is 12.7. The van der Waals surface area contributed by atoms with E-state index in [0.717, 1.165) is 24.0 Å². The van der Waals surface area contributed by atoms with Gasteiger partial charge in [0.05, 0.1) is 23.5 Å².